The zero-order valence-corrected chi connectivity index (χ0v) is 7.99. The minimum absolute atomic E-state index is 0.138. The molecule has 0 fully saturated rings. The van der Waals surface area contributed by atoms with Crippen molar-refractivity contribution in [1.82, 2.24) is 0 Å². The van der Waals surface area contributed by atoms with Gasteiger partial charge < -0.3 is 9.84 Å². The van der Waals surface area contributed by atoms with Gasteiger partial charge >= 0.3 is 5.97 Å². The summed E-state index contributed by atoms with van der Waals surface area (Å²) in [5.41, 5.74) is 0.429. The summed E-state index contributed by atoms with van der Waals surface area (Å²) in [7, 11) is 0. The lowest BCUT2D eigenvalue weighted by molar-refractivity contribution is -0.130. The molecule has 0 heterocycles. The molecule has 0 bridgehead atoms. The number of hydrogen-bond donors (Lipinski definition) is 1. The lowest BCUT2D eigenvalue weighted by Gasteiger charge is -2.04. The SMILES string of the molecule is C=C(CC)C(=O)Oc1ccc(O)cc1. The highest BCUT2D eigenvalue weighted by molar-refractivity contribution is 5.89. The third-order valence-electron chi connectivity index (χ3n) is 1.76. The number of carbonyl (C=O) groups is 1. The average molecular weight is 192 g/mol. The standard InChI is InChI=1S/C11H12O3/c1-3-8(2)11(13)14-10-6-4-9(12)5-7-10/h4-7,12H,2-3H2,1H3. The summed E-state index contributed by atoms with van der Waals surface area (Å²) in [6.45, 7) is 5.40. The zero-order valence-electron chi connectivity index (χ0n) is 7.99. The Balaban J connectivity index is 2.65. The van der Waals surface area contributed by atoms with Gasteiger partial charge in [0.25, 0.3) is 0 Å². The van der Waals surface area contributed by atoms with Crippen LogP contribution in [0.1, 0.15) is 13.3 Å². The number of esters is 1. The van der Waals surface area contributed by atoms with Crippen molar-refractivity contribution in [2.45, 2.75) is 13.3 Å². The fourth-order valence-electron chi connectivity index (χ4n) is 0.838. The number of phenolic OH excluding ortho intramolecular Hbond substituents is 1. The molecule has 0 amide bonds. The van der Waals surface area contributed by atoms with E-state index in [0.717, 1.165) is 0 Å². The van der Waals surface area contributed by atoms with E-state index >= 15 is 0 Å². The van der Waals surface area contributed by atoms with Crippen molar-refractivity contribution in [3.63, 3.8) is 0 Å². The lowest BCUT2D eigenvalue weighted by atomic mass is 10.2. The van der Waals surface area contributed by atoms with Crippen molar-refractivity contribution in [1.29, 1.82) is 0 Å². The van der Waals surface area contributed by atoms with Gasteiger partial charge in [-0.15, -0.1) is 0 Å². The van der Waals surface area contributed by atoms with Crippen LogP contribution in [-0.4, -0.2) is 11.1 Å². The van der Waals surface area contributed by atoms with E-state index in [9.17, 15) is 4.79 Å². The number of phenols is 1. The lowest BCUT2D eigenvalue weighted by Crippen LogP contribution is -2.09. The summed E-state index contributed by atoms with van der Waals surface area (Å²) >= 11 is 0. The summed E-state index contributed by atoms with van der Waals surface area (Å²) in [5, 5.41) is 8.99. The Kier molecular flexibility index (Phi) is 3.29. The van der Waals surface area contributed by atoms with Crippen LogP contribution < -0.4 is 4.74 Å². The number of hydrogen-bond acceptors (Lipinski definition) is 3. The fraction of sp³-hybridized carbons (Fsp3) is 0.182. The molecule has 0 saturated carbocycles. The zero-order chi connectivity index (χ0) is 10.6. The van der Waals surface area contributed by atoms with E-state index in [1.165, 1.54) is 24.3 Å². The Labute approximate surface area is 82.6 Å². The Morgan fingerprint density at radius 2 is 2.00 bits per heavy atom. The van der Waals surface area contributed by atoms with Gasteiger partial charge in [-0.1, -0.05) is 13.5 Å². The number of ether oxygens (including phenoxy) is 1. The van der Waals surface area contributed by atoms with E-state index in [1.54, 1.807) is 0 Å². The van der Waals surface area contributed by atoms with Gasteiger partial charge in [0.15, 0.2) is 0 Å². The number of benzene rings is 1. The molecule has 0 radical (unpaired) electrons. The molecule has 0 aliphatic carbocycles. The second kappa shape index (κ2) is 4.46. The molecule has 0 atom stereocenters. The summed E-state index contributed by atoms with van der Waals surface area (Å²) in [6.07, 6.45) is 0.566. The molecule has 1 aromatic carbocycles. The maximum atomic E-state index is 11.2. The van der Waals surface area contributed by atoms with Crippen molar-refractivity contribution in [2.24, 2.45) is 0 Å². The second-order valence-corrected chi connectivity index (χ2v) is 2.84. The van der Waals surface area contributed by atoms with Gasteiger partial charge in [-0.25, -0.2) is 4.79 Å². The summed E-state index contributed by atoms with van der Waals surface area (Å²) in [5.74, 6) is 0.111. The van der Waals surface area contributed by atoms with Crippen molar-refractivity contribution >= 4 is 5.97 Å². The molecule has 1 rings (SSSR count). The van der Waals surface area contributed by atoms with Gasteiger partial charge in [-0.3, -0.25) is 0 Å². The quantitative estimate of drug-likeness (QED) is 0.454. The van der Waals surface area contributed by atoms with Gasteiger partial charge in [0.1, 0.15) is 11.5 Å². The molecule has 1 aromatic rings. The van der Waals surface area contributed by atoms with Crippen LogP contribution in [0.2, 0.25) is 0 Å². The van der Waals surface area contributed by atoms with Crippen LogP contribution in [0.5, 0.6) is 11.5 Å². The first kappa shape index (κ1) is 10.3. The first-order chi connectivity index (χ1) is 6.63. The van der Waals surface area contributed by atoms with E-state index in [2.05, 4.69) is 6.58 Å². The normalized spacial score (nSPS) is 9.50. The van der Waals surface area contributed by atoms with Crippen LogP contribution in [-0.2, 0) is 4.79 Å². The van der Waals surface area contributed by atoms with Crippen molar-refractivity contribution in [3.05, 3.63) is 36.4 Å². The molecule has 0 aliphatic heterocycles. The Morgan fingerprint density at radius 3 is 2.50 bits per heavy atom. The number of aromatic hydroxyl groups is 1. The molecule has 0 unspecified atom stereocenters. The van der Waals surface area contributed by atoms with E-state index in [4.69, 9.17) is 9.84 Å². The largest absolute Gasteiger partial charge is 0.508 e. The topological polar surface area (TPSA) is 46.5 Å². The molecule has 3 nitrogen and oxygen atoms in total. The van der Waals surface area contributed by atoms with E-state index in [0.29, 0.717) is 17.7 Å². The van der Waals surface area contributed by atoms with Crippen LogP contribution in [0, 0.1) is 0 Å². The number of rotatable bonds is 3. The van der Waals surface area contributed by atoms with Gasteiger partial charge in [0.2, 0.25) is 0 Å². The van der Waals surface area contributed by atoms with Crippen molar-refractivity contribution < 1.29 is 14.6 Å². The predicted octanol–water partition coefficient (Wildman–Crippen LogP) is 2.26. The average Bonchev–Trinajstić information content (AvgIpc) is 2.20. The van der Waals surface area contributed by atoms with Crippen LogP contribution in [0.25, 0.3) is 0 Å². The van der Waals surface area contributed by atoms with Gasteiger partial charge in [0, 0.05) is 5.57 Å². The van der Waals surface area contributed by atoms with E-state index in [1.807, 2.05) is 6.92 Å². The smallest absolute Gasteiger partial charge is 0.338 e. The highest BCUT2D eigenvalue weighted by Gasteiger charge is 2.07. The minimum atomic E-state index is -0.432. The second-order valence-electron chi connectivity index (χ2n) is 2.84. The van der Waals surface area contributed by atoms with Gasteiger partial charge in [-0.2, -0.15) is 0 Å². The molecule has 0 aromatic heterocycles. The van der Waals surface area contributed by atoms with Crippen molar-refractivity contribution in [3.8, 4) is 11.5 Å². The molecular formula is C11H12O3. The summed E-state index contributed by atoms with van der Waals surface area (Å²) in [6, 6.07) is 5.96. The number of carbonyl (C=O) groups excluding carboxylic acids is 1. The van der Waals surface area contributed by atoms with Crippen LogP contribution in [0.15, 0.2) is 36.4 Å². The van der Waals surface area contributed by atoms with E-state index < -0.39 is 5.97 Å². The summed E-state index contributed by atoms with van der Waals surface area (Å²) < 4.78 is 4.97. The van der Waals surface area contributed by atoms with Gasteiger partial charge in [0.05, 0.1) is 0 Å². The maximum absolute atomic E-state index is 11.2. The minimum Gasteiger partial charge on any atom is -0.508 e. The Morgan fingerprint density at radius 1 is 1.43 bits per heavy atom. The molecule has 1 N–H and O–H groups in total. The third-order valence-corrected chi connectivity index (χ3v) is 1.76. The third kappa shape index (κ3) is 2.62. The first-order valence-corrected chi connectivity index (χ1v) is 4.32. The molecule has 0 spiro atoms. The van der Waals surface area contributed by atoms with Crippen LogP contribution in [0.3, 0.4) is 0 Å². The molecule has 0 aliphatic rings. The molecular weight excluding hydrogens is 180 g/mol. The molecule has 0 saturated heterocycles. The molecule has 14 heavy (non-hydrogen) atoms. The maximum Gasteiger partial charge on any atom is 0.338 e. The fourth-order valence-corrected chi connectivity index (χ4v) is 0.838. The predicted molar refractivity (Wildman–Crippen MR) is 53.2 cm³/mol. The van der Waals surface area contributed by atoms with E-state index in [-0.39, 0.29) is 5.75 Å². The van der Waals surface area contributed by atoms with Crippen LogP contribution >= 0.6 is 0 Å². The highest BCUT2D eigenvalue weighted by atomic mass is 16.5. The summed E-state index contributed by atoms with van der Waals surface area (Å²) in [4.78, 5) is 11.2. The van der Waals surface area contributed by atoms with Crippen LogP contribution in [0.4, 0.5) is 0 Å². The van der Waals surface area contributed by atoms with Gasteiger partial charge in [-0.05, 0) is 30.7 Å². The van der Waals surface area contributed by atoms with Crippen molar-refractivity contribution in [2.75, 3.05) is 0 Å². The monoisotopic (exact) mass is 192 g/mol. The first-order valence-electron chi connectivity index (χ1n) is 4.32. The molecule has 3 heteroatoms. The Hall–Kier alpha value is -1.77. The highest BCUT2D eigenvalue weighted by Crippen LogP contribution is 2.17. The Bertz CT molecular complexity index is 338. The molecule has 74 valence electrons.